The fraction of sp³-hybridized carbons (Fsp3) is 0.797. The van der Waals surface area contributed by atoms with E-state index in [1.807, 2.05) is 0 Å². The molecule has 2 aromatic heterocycles. The summed E-state index contributed by atoms with van der Waals surface area (Å²) in [6.45, 7) is 11.3. The van der Waals surface area contributed by atoms with Crippen molar-refractivity contribution in [1.29, 1.82) is 0 Å². The molecule has 562 valence electrons. The van der Waals surface area contributed by atoms with Gasteiger partial charge in [0.1, 0.15) is 24.2 Å². The summed E-state index contributed by atoms with van der Waals surface area (Å²) in [5, 5.41) is 51.3. The minimum Gasteiger partial charge on any atom is -0.481 e. The summed E-state index contributed by atoms with van der Waals surface area (Å²) >= 11 is 0. The van der Waals surface area contributed by atoms with Crippen LogP contribution >= 0.6 is 0 Å². The van der Waals surface area contributed by atoms with Gasteiger partial charge in [-0.1, -0.05) is 142 Å². The molecule has 0 aliphatic heterocycles. The lowest BCUT2D eigenvalue weighted by Crippen LogP contribution is -2.42. The van der Waals surface area contributed by atoms with Crippen LogP contribution in [0.1, 0.15) is 279 Å². The first kappa shape index (κ1) is 89.3. The monoisotopic (exact) mass is 1410 g/mol. The fourth-order valence-electron chi connectivity index (χ4n) is 10.3. The first-order valence-electron chi connectivity index (χ1n) is 36.1. The van der Waals surface area contributed by atoms with E-state index in [0.717, 1.165) is 56.5 Å². The van der Waals surface area contributed by atoms with Crippen LogP contribution < -0.4 is 26.0 Å². The van der Waals surface area contributed by atoms with Crippen LogP contribution in [0.3, 0.4) is 0 Å². The van der Waals surface area contributed by atoms with Crippen LogP contribution in [-0.2, 0) is 85.8 Å². The molecule has 0 bridgehead atoms. The molecule has 0 radical (unpaired) electrons. The standard InChI is InChI=1S/C36H70N6O4S.C33H51N5O13.H2/c1-5-6-7-8-9-17-20-23-26-31-37-34(43)30-27-32-47(45,46)40-35(44)29-25-22-19-16-14-12-10-11-13-15-18-21-24-28-33-38-41-42(39-33)36(2,3)4;1-2-25(39)17-23(32(46)47)6-10-29(42)38-27(33(48)49)9-11-28(41)36-13-14-50-15-16-51-20-30(43)35-12-4-3-5-22(31(44)45)18-26(40)8-7-24-19-34-21-37-24;/h5-32H2,1-4H3,(H,37,43)(H,40,44);19,21-23,27H,2-18,20H2,1H3,(H,34,37)(H,35,43)(H,36,41)(H,38,42)(H,44,45)(H,46,47)(H,48,49);1H/t;22-,23?,27+;/m.1./s1. The molecule has 29 heteroatoms. The molecule has 28 nitrogen and oxygen atoms in total. The van der Waals surface area contributed by atoms with Crippen LogP contribution in [0.4, 0.5) is 0 Å². The summed E-state index contributed by atoms with van der Waals surface area (Å²) in [5.41, 5.74) is 0.692. The zero-order valence-electron chi connectivity index (χ0n) is 59.6. The van der Waals surface area contributed by atoms with Gasteiger partial charge in [-0.25, -0.2) is 18.2 Å². The molecule has 0 aliphatic carbocycles. The second-order valence-electron chi connectivity index (χ2n) is 26.3. The van der Waals surface area contributed by atoms with E-state index in [1.54, 1.807) is 17.9 Å². The number of rotatable bonds is 62. The molecule has 9 N–H and O–H groups in total. The molecule has 0 aromatic carbocycles. The number of carboxylic acids is 3. The van der Waals surface area contributed by atoms with Crippen molar-refractivity contribution in [2.45, 2.75) is 290 Å². The van der Waals surface area contributed by atoms with E-state index >= 15 is 0 Å². The number of nitrogens with zero attached hydrogens (tertiary/aromatic N) is 5. The van der Waals surface area contributed by atoms with Crippen molar-refractivity contribution in [3.05, 3.63) is 24.0 Å². The highest BCUT2D eigenvalue weighted by Crippen LogP contribution is 2.19. The second-order valence-corrected chi connectivity index (χ2v) is 28.1. The van der Waals surface area contributed by atoms with Crippen molar-refractivity contribution >= 4 is 69.0 Å². The van der Waals surface area contributed by atoms with Gasteiger partial charge in [-0.2, -0.15) is 4.80 Å². The Hall–Kier alpha value is -6.75. The Labute approximate surface area is 583 Å². The third-order valence-corrected chi connectivity index (χ3v) is 17.7. The van der Waals surface area contributed by atoms with Crippen molar-refractivity contribution in [2.24, 2.45) is 11.8 Å². The topological polar surface area (TPSA) is 416 Å². The summed E-state index contributed by atoms with van der Waals surface area (Å²) in [7, 11) is -3.69. The highest BCUT2D eigenvalue weighted by atomic mass is 32.2. The minimum absolute atomic E-state index is 0. The number of carbonyl (C=O) groups is 10. The number of Topliss-reactive ketones (excluding diaryl/α,β-unsaturated/α-hetero) is 2. The molecule has 2 heterocycles. The molecule has 0 saturated heterocycles. The number of carbonyl (C=O) groups excluding carboxylic acids is 7. The Kier molecular flexibility index (Phi) is 51.1. The van der Waals surface area contributed by atoms with E-state index in [9.17, 15) is 71.7 Å². The maximum absolute atomic E-state index is 12.2. The number of aryl methyl sites for hydroxylation is 2. The quantitative estimate of drug-likeness (QED) is 0.0278. The SMILES string of the molecule is CCC(=O)CC(CCC(=O)N[C@@H](CCC(=O)NCCOCCOCC(=O)NCCCC[C@H](CC(=O)CCc1cnc[nH]1)C(=O)O)C(=O)O)C(=O)O.CCCCCCCCCCCNC(=O)CCCS(=O)(=O)NC(=O)CCCCCCCCCCCCCCCc1nnn(C(C)(C)C)n1.[HH]. The highest BCUT2D eigenvalue weighted by Gasteiger charge is 2.26. The van der Waals surface area contributed by atoms with Crippen LogP contribution in [0.2, 0.25) is 0 Å². The molecule has 5 amide bonds. The number of tetrazole rings is 1. The van der Waals surface area contributed by atoms with Crippen LogP contribution in [0.5, 0.6) is 0 Å². The Morgan fingerprint density at radius 1 is 0.541 bits per heavy atom. The van der Waals surface area contributed by atoms with Crippen LogP contribution in [0.25, 0.3) is 0 Å². The van der Waals surface area contributed by atoms with Gasteiger partial charge in [0.15, 0.2) is 5.82 Å². The van der Waals surface area contributed by atoms with E-state index < -0.39 is 63.5 Å². The van der Waals surface area contributed by atoms with Gasteiger partial charge in [-0.15, -0.1) is 10.2 Å². The van der Waals surface area contributed by atoms with E-state index in [0.29, 0.717) is 45.2 Å². The van der Waals surface area contributed by atoms with Gasteiger partial charge in [-0.3, -0.25) is 47.9 Å². The number of amides is 5. The predicted molar refractivity (Wildman–Crippen MR) is 373 cm³/mol. The lowest BCUT2D eigenvalue weighted by Gasteiger charge is -2.16. The number of aromatic amines is 1. The Bertz CT molecular complexity index is 2680. The predicted octanol–water partition coefficient (Wildman–Crippen LogP) is 9.19. The maximum Gasteiger partial charge on any atom is 0.326 e. The Morgan fingerprint density at radius 2 is 1.06 bits per heavy atom. The van der Waals surface area contributed by atoms with Crippen molar-refractivity contribution in [3.8, 4) is 0 Å². The number of H-pyrrole nitrogens is 1. The zero-order chi connectivity index (χ0) is 72.7. The largest absolute Gasteiger partial charge is 0.481 e. The van der Waals surface area contributed by atoms with Crippen molar-refractivity contribution in [1.82, 2.24) is 56.2 Å². The van der Waals surface area contributed by atoms with E-state index in [1.165, 1.54) is 103 Å². The minimum atomic E-state index is -3.69. The van der Waals surface area contributed by atoms with Gasteiger partial charge in [0, 0.05) is 90.7 Å². The van der Waals surface area contributed by atoms with Gasteiger partial charge in [-0.05, 0) is 83.8 Å². The van der Waals surface area contributed by atoms with Crippen molar-refractivity contribution in [2.75, 3.05) is 51.8 Å². The molecule has 0 saturated carbocycles. The molecular weight excluding hydrogens is 1290 g/mol. The van der Waals surface area contributed by atoms with Gasteiger partial charge < -0.3 is 51.0 Å². The molecule has 0 fully saturated rings. The van der Waals surface area contributed by atoms with Crippen molar-refractivity contribution < 1.29 is 82.6 Å². The average molecular weight is 1410 g/mol. The number of aliphatic carboxylic acids is 3. The molecular formula is C69H123N11O17S. The highest BCUT2D eigenvalue weighted by molar-refractivity contribution is 7.90. The number of unbranched alkanes of at least 4 members (excludes halogenated alkanes) is 21. The lowest BCUT2D eigenvalue weighted by atomic mass is 9.94. The fourth-order valence-corrected chi connectivity index (χ4v) is 11.4. The number of ketones is 2. The van der Waals surface area contributed by atoms with Crippen LogP contribution in [0.15, 0.2) is 12.5 Å². The molecule has 2 aromatic rings. The summed E-state index contributed by atoms with van der Waals surface area (Å²) in [6, 6.07) is -1.36. The van der Waals surface area contributed by atoms with E-state index in [2.05, 4.69) is 79.1 Å². The molecule has 2 rings (SSSR count). The number of imidazole rings is 1. The summed E-state index contributed by atoms with van der Waals surface area (Å²) < 4.78 is 37.2. The normalized spacial score (nSPS) is 12.3. The number of carboxylic acid groups (broad SMARTS) is 3. The number of nitrogens with one attached hydrogen (secondary N) is 6. The van der Waals surface area contributed by atoms with E-state index in [4.69, 9.17) is 9.47 Å². The Balaban J connectivity index is 0.00000193. The number of hydrogen-bond acceptors (Lipinski definition) is 18. The second kappa shape index (κ2) is 56.1. The van der Waals surface area contributed by atoms with Gasteiger partial charge in [0.05, 0.1) is 49.3 Å². The smallest absolute Gasteiger partial charge is 0.326 e. The zero-order valence-corrected chi connectivity index (χ0v) is 60.4. The molecule has 0 spiro atoms. The van der Waals surface area contributed by atoms with Gasteiger partial charge in [0.25, 0.3) is 0 Å². The summed E-state index contributed by atoms with van der Waals surface area (Å²) in [6.07, 6.45) is 32.0. The van der Waals surface area contributed by atoms with E-state index in [-0.39, 0.29) is 140 Å². The number of hydrogen-bond donors (Lipinski definition) is 9. The third-order valence-electron chi connectivity index (χ3n) is 16.3. The average Bonchev–Trinajstić information content (AvgIpc) is 1.74. The summed E-state index contributed by atoms with van der Waals surface area (Å²) in [4.78, 5) is 127. The lowest BCUT2D eigenvalue weighted by molar-refractivity contribution is -0.145. The molecule has 1 unspecified atom stereocenters. The maximum atomic E-state index is 12.2. The van der Waals surface area contributed by atoms with Crippen LogP contribution in [-0.4, -0.2) is 171 Å². The Morgan fingerprint density at radius 3 is 1.63 bits per heavy atom. The molecule has 0 aliphatic rings. The number of aromatic nitrogens is 6. The molecule has 98 heavy (non-hydrogen) atoms. The summed E-state index contributed by atoms with van der Waals surface area (Å²) in [5.74, 6) is -7.23. The van der Waals surface area contributed by atoms with Crippen molar-refractivity contribution in [3.63, 3.8) is 0 Å². The van der Waals surface area contributed by atoms with Gasteiger partial charge >= 0.3 is 17.9 Å². The molecule has 3 atom stereocenters. The first-order valence-corrected chi connectivity index (χ1v) is 37.8. The van der Waals surface area contributed by atoms with Gasteiger partial charge in [0.2, 0.25) is 39.6 Å². The van der Waals surface area contributed by atoms with Crippen LogP contribution in [0, 0.1) is 11.8 Å². The number of ether oxygens (including phenoxy) is 2. The number of sulfonamides is 1. The third kappa shape index (κ3) is 50.6. The first-order chi connectivity index (χ1) is 46.8.